The van der Waals surface area contributed by atoms with Crippen LogP contribution in [0, 0.1) is 20.2 Å². The average molecular weight is 596 g/mol. The highest BCUT2D eigenvalue weighted by Gasteiger charge is 2.21. The first-order valence-corrected chi connectivity index (χ1v) is 12.8. The number of non-ortho nitro benzene ring substituents is 1. The zero-order valence-electron chi connectivity index (χ0n) is 22.5. The van der Waals surface area contributed by atoms with Gasteiger partial charge in [0.25, 0.3) is 17.5 Å². The molecule has 0 spiro atoms. The van der Waals surface area contributed by atoms with Gasteiger partial charge in [0, 0.05) is 11.6 Å². The number of carbonyl (C=O) groups is 2. The minimum atomic E-state index is -0.783. The van der Waals surface area contributed by atoms with Crippen LogP contribution in [-0.2, 0) is 4.79 Å². The standard InChI is InChI=1S/C30H21N5O9/c36-29(21-6-2-1-3-7-21)32-24(14-19-9-11-27-28(15-19)43-18-42-27)30(37)33-31-17-20-5-4-8-23(13-20)44-26-12-10-22(34(38)39)16-25(26)35(40)41/h1-17H,18H2,(H,32,36)(H,33,37)/b24-14+,31-17-. The molecule has 0 aliphatic carbocycles. The SMILES string of the molecule is O=C(N/N=C\c1cccc(Oc2ccc([N+](=O)[O-])cc2[N+](=O)[O-])c1)/C(=C\c1ccc2c(c1)OCO2)NC(=O)c1ccccc1. The maximum absolute atomic E-state index is 13.1. The fraction of sp³-hybridized carbons (Fsp3) is 0.0333. The van der Waals surface area contributed by atoms with Crippen molar-refractivity contribution in [1.29, 1.82) is 0 Å². The molecule has 14 nitrogen and oxygen atoms in total. The van der Waals surface area contributed by atoms with Crippen LogP contribution in [0.4, 0.5) is 11.4 Å². The Morgan fingerprint density at radius 3 is 2.41 bits per heavy atom. The van der Waals surface area contributed by atoms with Crippen molar-refractivity contribution in [3.8, 4) is 23.0 Å². The number of nitro benzene ring substituents is 2. The van der Waals surface area contributed by atoms with Gasteiger partial charge in [-0.25, -0.2) is 5.43 Å². The molecule has 0 saturated heterocycles. The number of benzene rings is 4. The van der Waals surface area contributed by atoms with Crippen LogP contribution in [0.1, 0.15) is 21.5 Å². The van der Waals surface area contributed by atoms with Gasteiger partial charge in [0.2, 0.25) is 12.5 Å². The van der Waals surface area contributed by atoms with Gasteiger partial charge in [0.15, 0.2) is 11.5 Å². The van der Waals surface area contributed by atoms with Crippen molar-refractivity contribution in [3.05, 3.63) is 134 Å². The Hall–Kier alpha value is -6.57. The topological polar surface area (TPSA) is 185 Å². The van der Waals surface area contributed by atoms with Crippen molar-refractivity contribution in [2.24, 2.45) is 5.10 Å². The molecule has 4 aromatic rings. The molecule has 0 unspecified atom stereocenters. The number of carbonyl (C=O) groups excluding carboxylic acids is 2. The molecular formula is C30H21N5O9. The van der Waals surface area contributed by atoms with Gasteiger partial charge in [-0.3, -0.25) is 29.8 Å². The summed E-state index contributed by atoms with van der Waals surface area (Å²) in [6.45, 7) is 0.0757. The van der Waals surface area contributed by atoms with E-state index in [0.717, 1.165) is 18.2 Å². The Kier molecular flexibility index (Phi) is 8.52. The Bertz CT molecular complexity index is 1820. The van der Waals surface area contributed by atoms with Crippen molar-refractivity contribution in [1.82, 2.24) is 10.7 Å². The first-order valence-electron chi connectivity index (χ1n) is 12.8. The second-order valence-electron chi connectivity index (χ2n) is 9.03. The number of rotatable bonds is 10. The van der Waals surface area contributed by atoms with Gasteiger partial charge in [-0.05, 0) is 59.7 Å². The molecule has 4 aromatic carbocycles. The zero-order chi connectivity index (χ0) is 31.1. The number of fused-ring (bicyclic) bond motifs is 1. The molecule has 0 radical (unpaired) electrons. The second kappa shape index (κ2) is 12.9. The first-order chi connectivity index (χ1) is 21.3. The lowest BCUT2D eigenvalue weighted by Gasteiger charge is -2.10. The molecule has 1 heterocycles. The lowest BCUT2D eigenvalue weighted by molar-refractivity contribution is -0.394. The summed E-state index contributed by atoms with van der Waals surface area (Å²) in [5.41, 5.74) is 2.58. The Labute approximate surface area is 248 Å². The molecule has 0 bridgehead atoms. The summed E-state index contributed by atoms with van der Waals surface area (Å²) in [6.07, 6.45) is 2.76. The molecule has 0 atom stereocenters. The molecule has 14 heteroatoms. The summed E-state index contributed by atoms with van der Waals surface area (Å²) < 4.78 is 16.3. The largest absolute Gasteiger partial charge is 0.454 e. The number of hydrogen-bond donors (Lipinski definition) is 2. The molecular weight excluding hydrogens is 574 g/mol. The first kappa shape index (κ1) is 28.9. The number of ether oxygens (including phenoxy) is 3. The predicted molar refractivity (Wildman–Crippen MR) is 156 cm³/mol. The summed E-state index contributed by atoms with van der Waals surface area (Å²) in [5.74, 6) is -0.210. The third kappa shape index (κ3) is 7.01. The van der Waals surface area contributed by atoms with Crippen LogP contribution >= 0.6 is 0 Å². The number of amides is 2. The molecule has 2 amide bonds. The minimum absolute atomic E-state index is 0.0757. The summed E-state index contributed by atoms with van der Waals surface area (Å²) in [4.78, 5) is 46.8. The van der Waals surface area contributed by atoms with E-state index in [2.05, 4.69) is 15.8 Å². The van der Waals surface area contributed by atoms with E-state index in [9.17, 15) is 29.8 Å². The molecule has 0 fully saturated rings. The number of nitrogens with zero attached hydrogens (tertiary/aromatic N) is 3. The van der Waals surface area contributed by atoms with Crippen LogP contribution in [-0.4, -0.2) is 34.7 Å². The fourth-order valence-corrected chi connectivity index (χ4v) is 3.97. The van der Waals surface area contributed by atoms with E-state index < -0.39 is 33.0 Å². The van der Waals surface area contributed by atoms with Crippen molar-refractivity contribution < 1.29 is 33.6 Å². The molecule has 44 heavy (non-hydrogen) atoms. The summed E-state index contributed by atoms with van der Waals surface area (Å²) >= 11 is 0. The van der Waals surface area contributed by atoms with E-state index in [-0.39, 0.29) is 24.0 Å². The van der Waals surface area contributed by atoms with Gasteiger partial charge in [-0.1, -0.05) is 36.4 Å². The maximum Gasteiger partial charge on any atom is 0.318 e. The van der Waals surface area contributed by atoms with Gasteiger partial charge >= 0.3 is 5.69 Å². The number of nitro groups is 2. The Morgan fingerprint density at radius 1 is 0.841 bits per heavy atom. The van der Waals surface area contributed by atoms with E-state index in [1.165, 1.54) is 24.4 Å². The summed E-state index contributed by atoms with van der Waals surface area (Å²) in [7, 11) is 0. The lowest BCUT2D eigenvalue weighted by Crippen LogP contribution is -2.32. The van der Waals surface area contributed by atoms with Crippen LogP contribution in [0.3, 0.4) is 0 Å². The molecule has 220 valence electrons. The molecule has 1 aliphatic rings. The molecule has 0 aromatic heterocycles. The quantitative estimate of drug-likeness (QED) is 0.111. The van der Waals surface area contributed by atoms with Crippen LogP contribution in [0.15, 0.2) is 102 Å². The molecule has 0 saturated carbocycles. The van der Waals surface area contributed by atoms with Crippen molar-refractivity contribution in [3.63, 3.8) is 0 Å². The van der Waals surface area contributed by atoms with E-state index >= 15 is 0 Å². The van der Waals surface area contributed by atoms with Gasteiger partial charge in [0.05, 0.1) is 22.1 Å². The predicted octanol–water partition coefficient (Wildman–Crippen LogP) is 4.95. The zero-order valence-corrected chi connectivity index (χ0v) is 22.5. The molecule has 1 aliphatic heterocycles. The number of hydrogen-bond acceptors (Lipinski definition) is 10. The minimum Gasteiger partial charge on any atom is -0.454 e. The van der Waals surface area contributed by atoms with E-state index in [1.807, 2.05) is 0 Å². The highest BCUT2D eigenvalue weighted by atomic mass is 16.7. The van der Waals surface area contributed by atoms with E-state index in [0.29, 0.717) is 28.2 Å². The normalized spacial score (nSPS) is 12.0. The van der Waals surface area contributed by atoms with E-state index in [4.69, 9.17) is 14.2 Å². The van der Waals surface area contributed by atoms with Crippen molar-refractivity contribution >= 4 is 35.5 Å². The molecule has 2 N–H and O–H groups in total. The summed E-state index contributed by atoms with van der Waals surface area (Å²) in [5, 5.41) is 29.0. The number of nitrogens with one attached hydrogen (secondary N) is 2. The van der Waals surface area contributed by atoms with Crippen LogP contribution in [0.25, 0.3) is 6.08 Å². The summed E-state index contributed by atoms with van der Waals surface area (Å²) in [6, 6.07) is 22.6. The van der Waals surface area contributed by atoms with Crippen LogP contribution in [0.2, 0.25) is 0 Å². The van der Waals surface area contributed by atoms with Crippen molar-refractivity contribution in [2.75, 3.05) is 6.79 Å². The van der Waals surface area contributed by atoms with Crippen molar-refractivity contribution in [2.45, 2.75) is 0 Å². The van der Waals surface area contributed by atoms with Gasteiger partial charge in [-0.2, -0.15) is 5.10 Å². The highest BCUT2D eigenvalue weighted by Crippen LogP contribution is 2.35. The van der Waals surface area contributed by atoms with E-state index in [1.54, 1.807) is 60.7 Å². The Morgan fingerprint density at radius 2 is 1.64 bits per heavy atom. The number of hydrazone groups is 1. The van der Waals surface area contributed by atoms with Gasteiger partial charge < -0.3 is 19.5 Å². The molecule has 5 rings (SSSR count). The average Bonchev–Trinajstić information content (AvgIpc) is 3.49. The maximum atomic E-state index is 13.1. The highest BCUT2D eigenvalue weighted by molar-refractivity contribution is 6.05. The third-order valence-electron chi connectivity index (χ3n) is 6.05. The third-order valence-corrected chi connectivity index (χ3v) is 6.05. The Balaban J connectivity index is 1.32. The van der Waals surface area contributed by atoms with Crippen LogP contribution in [0.5, 0.6) is 23.0 Å². The lowest BCUT2D eigenvalue weighted by atomic mass is 10.1. The monoisotopic (exact) mass is 595 g/mol. The van der Waals surface area contributed by atoms with Gasteiger partial charge in [-0.15, -0.1) is 0 Å². The smallest absolute Gasteiger partial charge is 0.318 e. The fourth-order valence-electron chi connectivity index (χ4n) is 3.97. The van der Waals surface area contributed by atoms with Crippen LogP contribution < -0.4 is 25.0 Å². The second-order valence-corrected chi connectivity index (χ2v) is 9.03. The van der Waals surface area contributed by atoms with Gasteiger partial charge in [0.1, 0.15) is 11.4 Å².